The van der Waals surface area contributed by atoms with Crippen LogP contribution in [-0.4, -0.2) is 48.7 Å². The molecular weight excluding hydrogens is 322 g/mol. The maximum atomic E-state index is 12.3. The number of benzene rings is 1. The minimum absolute atomic E-state index is 0.106. The van der Waals surface area contributed by atoms with E-state index in [9.17, 15) is 9.59 Å². The Morgan fingerprint density at radius 1 is 1.24 bits per heavy atom. The summed E-state index contributed by atoms with van der Waals surface area (Å²) in [6.07, 6.45) is 0. The molecular formula is C18H27N3O4. The minimum Gasteiger partial charge on any atom is -0.454 e. The lowest BCUT2D eigenvalue weighted by molar-refractivity contribution is -0.128. The van der Waals surface area contributed by atoms with Crippen LogP contribution in [0.5, 0.6) is 11.5 Å². The maximum Gasteiger partial charge on any atom is 0.237 e. The summed E-state index contributed by atoms with van der Waals surface area (Å²) in [6.45, 7) is 8.33. The van der Waals surface area contributed by atoms with Gasteiger partial charge in [-0.25, -0.2) is 0 Å². The fraction of sp³-hybridized carbons (Fsp3) is 0.556. The molecule has 25 heavy (non-hydrogen) atoms. The van der Waals surface area contributed by atoms with Crippen LogP contribution in [0.15, 0.2) is 18.2 Å². The van der Waals surface area contributed by atoms with Gasteiger partial charge in [-0.05, 0) is 52.4 Å². The molecule has 2 N–H and O–H groups in total. The van der Waals surface area contributed by atoms with Crippen LogP contribution in [0, 0.1) is 0 Å². The summed E-state index contributed by atoms with van der Waals surface area (Å²) < 4.78 is 10.6. The van der Waals surface area contributed by atoms with Gasteiger partial charge in [-0.3, -0.25) is 14.5 Å². The van der Waals surface area contributed by atoms with E-state index in [0.717, 1.165) is 5.56 Å². The highest BCUT2D eigenvalue weighted by atomic mass is 16.7. The summed E-state index contributed by atoms with van der Waals surface area (Å²) in [7, 11) is 1.76. The quantitative estimate of drug-likeness (QED) is 0.808. The lowest BCUT2D eigenvalue weighted by Crippen LogP contribution is -2.50. The summed E-state index contributed by atoms with van der Waals surface area (Å²) in [6, 6.07) is 5.16. The highest BCUT2D eigenvalue weighted by Gasteiger charge is 2.22. The normalized spacial score (nSPS) is 14.3. The summed E-state index contributed by atoms with van der Waals surface area (Å²) in [4.78, 5) is 26.0. The van der Waals surface area contributed by atoms with Crippen molar-refractivity contribution in [1.82, 2.24) is 15.5 Å². The Hall–Kier alpha value is -2.28. The Morgan fingerprint density at radius 3 is 2.60 bits per heavy atom. The standard InChI is InChI=1S/C18H27N3O4/c1-12(21(5)10-16(22)20-18(2,3)4)17(23)19-9-13-6-7-14-15(8-13)25-11-24-14/h6-8,12H,9-11H2,1-5H3,(H,19,23)(H,20,22)/t12-/m0/s1. The van der Waals surface area contributed by atoms with Crippen molar-refractivity contribution in [1.29, 1.82) is 0 Å². The molecule has 0 aliphatic carbocycles. The van der Waals surface area contributed by atoms with Crippen molar-refractivity contribution in [3.8, 4) is 11.5 Å². The van der Waals surface area contributed by atoms with Gasteiger partial charge >= 0.3 is 0 Å². The molecule has 138 valence electrons. The number of fused-ring (bicyclic) bond motifs is 1. The lowest BCUT2D eigenvalue weighted by atomic mass is 10.1. The molecule has 0 bridgehead atoms. The van der Waals surface area contributed by atoms with Crippen LogP contribution in [0.2, 0.25) is 0 Å². The number of ether oxygens (including phenoxy) is 2. The number of hydrogen-bond donors (Lipinski definition) is 2. The molecule has 0 aromatic heterocycles. The van der Waals surface area contributed by atoms with Gasteiger partial charge in [-0.15, -0.1) is 0 Å². The molecule has 7 nitrogen and oxygen atoms in total. The van der Waals surface area contributed by atoms with Gasteiger partial charge in [0, 0.05) is 12.1 Å². The van der Waals surface area contributed by atoms with Crippen molar-refractivity contribution in [2.75, 3.05) is 20.4 Å². The van der Waals surface area contributed by atoms with E-state index in [1.165, 1.54) is 0 Å². The molecule has 1 aromatic rings. The van der Waals surface area contributed by atoms with Gasteiger partial charge < -0.3 is 20.1 Å². The van der Waals surface area contributed by atoms with Gasteiger partial charge in [-0.2, -0.15) is 0 Å². The Kier molecular flexibility index (Phi) is 5.89. The number of hydrogen-bond acceptors (Lipinski definition) is 5. The van der Waals surface area contributed by atoms with E-state index in [1.54, 1.807) is 18.9 Å². The molecule has 2 amide bonds. The predicted molar refractivity (Wildman–Crippen MR) is 94.4 cm³/mol. The number of likely N-dealkylation sites (N-methyl/N-ethyl adjacent to an activating group) is 1. The maximum absolute atomic E-state index is 12.3. The van der Waals surface area contributed by atoms with Gasteiger partial charge in [0.1, 0.15) is 0 Å². The highest BCUT2D eigenvalue weighted by molar-refractivity contribution is 5.83. The molecule has 0 spiro atoms. The van der Waals surface area contributed by atoms with E-state index in [-0.39, 0.29) is 30.7 Å². The van der Waals surface area contributed by atoms with Crippen molar-refractivity contribution in [2.45, 2.75) is 45.8 Å². The fourth-order valence-corrected chi connectivity index (χ4v) is 2.41. The first-order valence-electron chi connectivity index (χ1n) is 8.33. The van der Waals surface area contributed by atoms with E-state index >= 15 is 0 Å². The van der Waals surface area contributed by atoms with E-state index < -0.39 is 6.04 Å². The Labute approximate surface area is 148 Å². The van der Waals surface area contributed by atoms with Gasteiger partial charge in [0.25, 0.3) is 0 Å². The first-order chi connectivity index (χ1) is 11.7. The van der Waals surface area contributed by atoms with Crippen LogP contribution in [0.3, 0.4) is 0 Å². The van der Waals surface area contributed by atoms with Crippen LogP contribution < -0.4 is 20.1 Å². The van der Waals surface area contributed by atoms with Crippen molar-refractivity contribution in [2.24, 2.45) is 0 Å². The van der Waals surface area contributed by atoms with E-state index in [1.807, 2.05) is 39.0 Å². The average Bonchev–Trinajstić information content (AvgIpc) is 2.97. The monoisotopic (exact) mass is 349 g/mol. The van der Waals surface area contributed by atoms with Crippen molar-refractivity contribution in [3.05, 3.63) is 23.8 Å². The molecule has 0 fully saturated rings. The molecule has 0 saturated heterocycles. The van der Waals surface area contributed by atoms with Crippen LogP contribution in [0.25, 0.3) is 0 Å². The number of carbonyl (C=O) groups is 2. The minimum atomic E-state index is -0.417. The Bertz CT molecular complexity index is 640. The fourth-order valence-electron chi connectivity index (χ4n) is 2.41. The zero-order valence-corrected chi connectivity index (χ0v) is 15.5. The van der Waals surface area contributed by atoms with Gasteiger partial charge in [0.2, 0.25) is 18.6 Å². The first kappa shape index (κ1) is 19.1. The lowest BCUT2D eigenvalue weighted by Gasteiger charge is -2.26. The number of nitrogens with one attached hydrogen (secondary N) is 2. The summed E-state index contributed by atoms with van der Waals surface area (Å²) in [5.74, 6) is 1.16. The summed E-state index contributed by atoms with van der Waals surface area (Å²) in [5.41, 5.74) is 0.640. The number of carbonyl (C=O) groups excluding carboxylic acids is 2. The predicted octanol–water partition coefficient (Wildman–Crippen LogP) is 1.27. The molecule has 1 aliphatic heterocycles. The summed E-state index contributed by atoms with van der Waals surface area (Å²) in [5, 5.41) is 5.77. The summed E-state index contributed by atoms with van der Waals surface area (Å²) >= 11 is 0. The second kappa shape index (κ2) is 7.74. The molecule has 1 atom stereocenters. The molecule has 0 saturated carbocycles. The zero-order valence-electron chi connectivity index (χ0n) is 15.5. The number of nitrogens with zero attached hydrogens (tertiary/aromatic N) is 1. The number of amides is 2. The molecule has 1 heterocycles. The molecule has 1 aliphatic rings. The van der Waals surface area contributed by atoms with Gasteiger partial charge in [0.05, 0.1) is 12.6 Å². The second-order valence-electron chi connectivity index (χ2n) is 7.29. The van der Waals surface area contributed by atoms with E-state index in [4.69, 9.17) is 9.47 Å². The SMILES string of the molecule is C[C@@H](C(=O)NCc1ccc2c(c1)OCO2)N(C)CC(=O)NC(C)(C)C. The number of rotatable bonds is 6. The third-order valence-corrected chi connectivity index (χ3v) is 3.85. The van der Waals surface area contributed by atoms with Crippen LogP contribution in [0.1, 0.15) is 33.3 Å². The van der Waals surface area contributed by atoms with Crippen molar-refractivity contribution < 1.29 is 19.1 Å². The van der Waals surface area contributed by atoms with Gasteiger partial charge in [-0.1, -0.05) is 6.07 Å². The van der Waals surface area contributed by atoms with Crippen LogP contribution in [-0.2, 0) is 16.1 Å². The van der Waals surface area contributed by atoms with Crippen LogP contribution in [0.4, 0.5) is 0 Å². The molecule has 2 rings (SSSR count). The van der Waals surface area contributed by atoms with Crippen molar-refractivity contribution >= 4 is 11.8 Å². The molecule has 0 radical (unpaired) electrons. The van der Waals surface area contributed by atoms with E-state index in [2.05, 4.69) is 10.6 Å². The molecule has 1 aromatic carbocycles. The largest absolute Gasteiger partial charge is 0.454 e. The Balaban J connectivity index is 1.82. The average molecular weight is 349 g/mol. The van der Waals surface area contributed by atoms with E-state index in [0.29, 0.717) is 18.0 Å². The molecule has 7 heteroatoms. The van der Waals surface area contributed by atoms with Crippen molar-refractivity contribution in [3.63, 3.8) is 0 Å². The smallest absolute Gasteiger partial charge is 0.237 e. The molecule has 0 unspecified atom stereocenters. The zero-order chi connectivity index (χ0) is 18.6. The topological polar surface area (TPSA) is 79.9 Å². The first-order valence-corrected chi connectivity index (χ1v) is 8.33. The Morgan fingerprint density at radius 2 is 1.92 bits per heavy atom. The third-order valence-electron chi connectivity index (χ3n) is 3.85. The highest BCUT2D eigenvalue weighted by Crippen LogP contribution is 2.32. The third kappa shape index (κ3) is 5.63. The van der Waals surface area contributed by atoms with Crippen LogP contribution >= 0.6 is 0 Å². The second-order valence-corrected chi connectivity index (χ2v) is 7.29. The van der Waals surface area contributed by atoms with Gasteiger partial charge in [0.15, 0.2) is 11.5 Å².